The number of rotatable bonds is 6. The summed E-state index contributed by atoms with van der Waals surface area (Å²) in [6.07, 6.45) is 0.640. The monoisotopic (exact) mass is 219 g/mol. The van der Waals surface area contributed by atoms with Gasteiger partial charge in [-0.1, -0.05) is 37.3 Å². The van der Waals surface area contributed by atoms with Gasteiger partial charge in [-0.15, -0.1) is 0 Å². The number of benzene rings is 1. The number of hydrogen-bond acceptors (Lipinski definition) is 2. The second kappa shape index (κ2) is 6.44. The van der Waals surface area contributed by atoms with Crippen molar-refractivity contribution in [2.45, 2.75) is 39.8 Å². The molecule has 0 bridgehead atoms. The maximum Gasteiger partial charge on any atom is 0.131 e. The molecule has 16 heavy (non-hydrogen) atoms. The quantitative estimate of drug-likeness (QED) is 0.733. The lowest BCUT2D eigenvalue weighted by molar-refractivity contribution is -0.118. The van der Waals surface area contributed by atoms with Crippen molar-refractivity contribution in [1.82, 2.24) is 4.90 Å². The van der Waals surface area contributed by atoms with Gasteiger partial charge in [-0.2, -0.15) is 0 Å². The molecule has 1 unspecified atom stereocenters. The molecular weight excluding hydrogens is 198 g/mol. The number of carbonyl (C=O) groups is 1. The van der Waals surface area contributed by atoms with E-state index in [-0.39, 0.29) is 5.78 Å². The van der Waals surface area contributed by atoms with Crippen LogP contribution in [0.15, 0.2) is 30.3 Å². The Morgan fingerprint density at radius 3 is 2.44 bits per heavy atom. The topological polar surface area (TPSA) is 20.3 Å². The maximum atomic E-state index is 11.1. The minimum atomic E-state index is 0.263. The Bertz CT molecular complexity index is 321. The minimum Gasteiger partial charge on any atom is -0.300 e. The van der Waals surface area contributed by atoms with Crippen molar-refractivity contribution >= 4 is 5.78 Å². The molecule has 88 valence electrons. The third-order valence-electron chi connectivity index (χ3n) is 2.84. The average molecular weight is 219 g/mol. The van der Waals surface area contributed by atoms with Gasteiger partial charge in [0.05, 0.1) is 0 Å². The van der Waals surface area contributed by atoms with Gasteiger partial charge in [0.25, 0.3) is 0 Å². The van der Waals surface area contributed by atoms with Gasteiger partial charge in [0.2, 0.25) is 0 Å². The van der Waals surface area contributed by atoms with E-state index in [1.165, 1.54) is 5.56 Å². The van der Waals surface area contributed by atoms with E-state index in [1.807, 2.05) is 6.07 Å². The second-order valence-corrected chi connectivity index (χ2v) is 4.30. The zero-order valence-corrected chi connectivity index (χ0v) is 10.4. The van der Waals surface area contributed by atoms with Crippen LogP contribution in [0.4, 0.5) is 0 Å². The Balaban J connectivity index is 2.58. The summed E-state index contributed by atoms with van der Waals surface area (Å²) >= 11 is 0. The highest BCUT2D eigenvalue weighted by molar-refractivity contribution is 5.76. The van der Waals surface area contributed by atoms with Gasteiger partial charge in [0.15, 0.2) is 0 Å². The molecule has 0 fully saturated rings. The predicted octanol–water partition coefficient (Wildman–Crippen LogP) is 2.88. The molecule has 1 aromatic rings. The lowest BCUT2D eigenvalue weighted by Gasteiger charge is -2.27. The van der Waals surface area contributed by atoms with Crippen LogP contribution in [-0.4, -0.2) is 23.3 Å². The number of ketones is 1. The van der Waals surface area contributed by atoms with Gasteiger partial charge < -0.3 is 0 Å². The Labute approximate surface area is 98.3 Å². The number of nitrogens with zero attached hydrogens (tertiary/aromatic N) is 1. The summed E-state index contributed by atoms with van der Waals surface area (Å²) in [5.74, 6) is 0.263. The summed E-state index contributed by atoms with van der Waals surface area (Å²) in [6, 6.07) is 10.7. The zero-order valence-electron chi connectivity index (χ0n) is 10.4. The Hall–Kier alpha value is -1.15. The molecule has 0 amide bonds. The van der Waals surface area contributed by atoms with Crippen molar-refractivity contribution in [2.24, 2.45) is 0 Å². The van der Waals surface area contributed by atoms with E-state index in [0.717, 1.165) is 13.1 Å². The Morgan fingerprint density at radius 1 is 1.31 bits per heavy atom. The van der Waals surface area contributed by atoms with E-state index in [0.29, 0.717) is 12.5 Å². The fourth-order valence-corrected chi connectivity index (χ4v) is 1.94. The third-order valence-corrected chi connectivity index (χ3v) is 2.84. The first-order valence-corrected chi connectivity index (χ1v) is 5.91. The van der Waals surface area contributed by atoms with Gasteiger partial charge in [-0.05, 0) is 26.0 Å². The summed E-state index contributed by atoms with van der Waals surface area (Å²) in [5.41, 5.74) is 1.31. The van der Waals surface area contributed by atoms with E-state index in [9.17, 15) is 4.79 Å². The van der Waals surface area contributed by atoms with E-state index < -0.39 is 0 Å². The van der Waals surface area contributed by atoms with Crippen molar-refractivity contribution in [1.29, 1.82) is 0 Å². The molecule has 0 aliphatic heterocycles. The molecule has 1 aromatic carbocycles. The van der Waals surface area contributed by atoms with Crippen LogP contribution in [0.2, 0.25) is 0 Å². The van der Waals surface area contributed by atoms with Crippen LogP contribution in [-0.2, 0) is 11.3 Å². The van der Waals surface area contributed by atoms with Gasteiger partial charge in [-0.25, -0.2) is 0 Å². The summed E-state index contributed by atoms with van der Waals surface area (Å²) in [7, 11) is 0. The number of carbonyl (C=O) groups excluding carboxylic acids is 1. The lowest BCUT2D eigenvalue weighted by Crippen LogP contribution is -2.33. The molecule has 1 rings (SSSR count). The van der Waals surface area contributed by atoms with Crippen LogP contribution in [0.5, 0.6) is 0 Å². The Kier molecular flexibility index (Phi) is 5.20. The molecule has 0 radical (unpaired) electrons. The molecule has 0 heterocycles. The van der Waals surface area contributed by atoms with Crippen LogP contribution in [0.3, 0.4) is 0 Å². The summed E-state index contributed by atoms with van der Waals surface area (Å²) in [4.78, 5) is 13.4. The van der Waals surface area contributed by atoms with Gasteiger partial charge in [0, 0.05) is 19.0 Å². The average Bonchev–Trinajstić information content (AvgIpc) is 2.26. The first-order chi connectivity index (χ1) is 7.63. The highest BCUT2D eigenvalue weighted by Crippen LogP contribution is 2.10. The largest absolute Gasteiger partial charge is 0.300 e. The molecule has 0 spiro atoms. The van der Waals surface area contributed by atoms with E-state index >= 15 is 0 Å². The highest BCUT2D eigenvalue weighted by Gasteiger charge is 2.13. The SMILES string of the molecule is CCN(Cc1ccccc1)C(C)CC(C)=O. The van der Waals surface area contributed by atoms with Gasteiger partial charge in [0.1, 0.15) is 5.78 Å². The molecule has 2 heteroatoms. The molecule has 0 aliphatic rings. The van der Waals surface area contributed by atoms with Crippen LogP contribution < -0.4 is 0 Å². The van der Waals surface area contributed by atoms with Crippen molar-refractivity contribution < 1.29 is 4.79 Å². The van der Waals surface area contributed by atoms with Crippen LogP contribution in [0.1, 0.15) is 32.8 Å². The molecule has 2 nitrogen and oxygen atoms in total. The lowest BCUT2D eigenvalue weighted by atomic mass is 10.1. The Morgan fingerprint density at radius 2 is 1.94 bits per heavy atom. The normalized spacial score (nSPS) is 12.8. The summed E-state index contributed by atoms with van der Waals surface area (Å²) < 4.78 is 0. The molecule has 0 saturated carbocycles. The fraction of sp³-hybridized carbons (Fsp3) is 0.500. The minimum absolute atomic E-state index is 0.263. The third kappa shape index (κ3) is 4.15. The van der Waals surface area contributed by atoms with Gasteiger partial charge in [-0.3, -0.25) is 9.69 Å². The standard InChI is InChI=1S/C14H21NO/c1-4-15(12(2)10-13(3)16)11-14-8-6-5-7-9-14/h5-9,12H,4,10-11H2,1-3H3. The van der Waals surface area contributed by atoms with Crippen molar-refractivity contribution in [3.8, 4) is 0 Å². The molecule has 0 saturated heterocycles. The number of Topliss-reactive ketones (excluding diaryl/α,β-unsaturated/α-hetero) is 1. The maximum absolute atomic E-state index is 11.1. The van der Waals surface area contributed by atoms with Crippen LogP contribution in [0.25, 0.3) is 0 Å². The molecular formula is C14H21NO. The molecule has 0 aromatic heterocycles. The first-order valence-electron chi connectivity index (χ1n) is 5.91. The van der Waals surface area contributed by atoms with Crippen LogP contribution in [0, 0.1) is 0 Å². The number of hydrogen-bond donors (Lipinski definition) is 0. The smallest absolute Gasteiger partial charge is 0.131 e. The molecule has 0 N–H and O–H groups in total. The first kappa shape index (κ1) is 12.9. The van der Waals surface area contributed by atoms with Crippen molar-refractivity contribution in [2.75, 3.05) is 6.54 Å². The molecule has 1 atom stereocenters. The van der Waals surface area contributed by atoms with Gasteiger partial charge >= 0.3 is 0 Å². The van der Waals surface area contributed by atoms with E-state index in [2.05, 4.69) is 43.0 Å². The van der Waals surface area contributed by atoms with E-state index in [1.54, 1.807) is 6.92 Å². The summed E-state index contributed by atoms with van der Waals surface area (Å²) in [6.45, 7) is 7.81. The fourth-order valence-electron chi connectivity index (χ4n) is 1.94. The van der Waals surface area contributed by atoms with E-state index in [4.69, 9.17) is 0 Å². The van der Waals surface area contributed by atoms with Crippen molar-refractivity contribution in [3.05, 3.63) is 35.9 Å². The summed E-state index contributed by atoms with van der Waals surface area (Å²) in [5, 5.41) is 0. The molecule has 0 aliphatic carbocycles. The zero-order chi connectivity index (χ0) is 12.0. The predicted molar refractivity (Wildman–Crippen MR) is 67.3 cm³/mol. The second-order valence-electron chi connectivity index (χ2n) is 4.30. The van der Waals surface area contributed by atoms with Crippen molar-refractivity contribution in [3.63, 3.8) is 0 Å². The van der Waals surface area contributed by atoms with Crippen LogP contribution >= 0.6 is 0 Å². The highest BCUT2D eigenvalue weighted by atomic mass is 16.1.